The van der Waals surface area contributed by atoms with E-state index >= 15 is 0 Å². The van der Waals surface area contributed by atoms with Crippen molar-refractivity contribution in [2.75, 3.05) is 13.2 Å². The lowest BCUT2D eigenvalue weighted by Gasteiger charge is -2.24. The van der Waals surface area contributed by atoms with Gasteiger partial charge in [-0.05, 0) is 38.0 Å². The van der Waals surface area contributed by atoms with E-state index in [4.69, 9.17) is 10.5 Å². The second-order valence-corrected chi connectivity index (χ2v) is 4.09. The summed E-state index contributed by atoms with van der Waals surface area (Å²) in [6, 6.07) is 6.41. The number of halogens is 1. The number of ether oxygens (including phenoxy) is 1. The molecule has 1 atom stereocenters. The molecule has 0 radical (unpaired) electrons. The molecular weight excluding hydrogens is 193 g/mol. The van der Waals surface area contributed by atoms with Gasteiger partial charge in [0.25, 0.3) is 0 Å². The van der Waals surface area contributed by atoms with Crippen LogP contribution in [-0.4, -0.2) is 18.8 Å². The number of hydrogen-bond donors (Lipinski definition) is 1. The summed E-state index contributed by atoms with van der Waals surface area (Å²) in [4.78, 5) is 0. The van der Waals surface area contributed by atoms with E-state index in [9.17, 15) is 4.39 Å². The third-order valence-electron chi connectivity index (χ3n) is 2.16. The minimum absolute atomic E-state index is 0.220. The van der Waals surface area contributed by atoms with Crippen molar-refractivity contribution in [3.05, 3.63) is 35.6 Å². The Morgan fingerprint density at radius 2 is 1.93 bits per heavy atom. The smallest absolute Gasteiger partial charge is 0.123 e. The normalized spacial score (nSPS) is 14.9. The van der Waals surface area contributed by atoms with E-state index in [2.05, 4.69) is 0 Å². The largest absolute Gasteiger partial charge is 0.380 e. The maximum absolute atomic E-state index is 12.7. The number of rotatable bonds is 5. The van der Waals surface area contributed by atoms with Crippen molar-refractivity contribution < 1.29 is 9.13 Å². The Kier molecular flexibility index (Phi) is 4.24. The lowest BCUT2D eigenvalue weighted by atomic mass is 9.95. The average Bonchev–Trinajstić information content (AvgIpc) is 2.18. The first-order chi connectivity index (χ1) is 7.03. The molecule has 0 aromatic heterocycles. The van der Waals surface area contributed by atoms with Crippen LogP contribution in [0.15, 0.2) is 24.3 Å². The van der Waals surface area contributed by atoms with E-state index in [1.807, 2.05) is 13.8 Å². The molecule has 84 valence electrons. The summed E-state index contributed by atoms with van der Waals surface area (Å²) < 4.78 is 18.0. The Morgan fingerprint density at radius 1 is 1.33 bits per heavy atom. The van der Waals surface area contributed by atoms with Gasteiger partial charge in [-0.2, -0.15) is 0 Å². The van der Waals surface area contributed by atoms with Crippen molar-refractivity contribution in [1.82, 2.24) is 0 Å². The highest BCUT2D eigenvalue weighted by atomic mass is 19.1. The fourth-order valence-corrected chi connectivity index (χ4v) is 1.45. The summed E-state index contributed by atoms with van der Waals surface area (Å²) in [5.74, 6) is -0.220. The molecule has 2 nitrogen and oxygen atoms in total. The Labute approximate surface area is 90.2 Å². The van der Waals surface area contributed by atoms with Gasteiger partial charge in [0.2, 0.25) is 0 Å². The maximum Gasteiger partial charge on any atom is 0.123 e. The molecule has 0 aliphatic carbocycles. The van der Waals surface area contributed by atoms with Crippen LogP contribution in [0.2, 0.25) is 0 Å². The molecule has 0 saturated heterocycles. The molecule has 0 amide bonds. The van der Waals surface area contributed by atoms with E-state index in [0.29, 0.717) is 19.6 Å². The van der Waals surface area contributed by atoms with Gasteiger partial charge in [0.15, 0.2) is 0 Å². The van der Waals surface area contributed by atoms with Crippen molar-refractivity contribution in [2.24, 2.45) is 5.73 Å². The second-order valence-electron chi connectivity index (χ2n) is 4.09. The molecule has 3 heteroatoms. The van der Waals surface area contributed by atoms with Crippen molar-refractivity contribution in [3.63, 3.8) is 0 Å². The van der Waals surface area contributed by atoms with Crippen LogP contribution < -0.4 is 5.73 Å². The van der Waals surface area contributed by atoms with Gasteiger partial charge in [-0.1, -0.05) is 12.1 Å². The van der Waals surface area contributed by atoms with Gasteiger partial charge in [-0.15, -0.1) is 0 Å². The van der Waals surface area contributed by atoms with Gasteiger partial charge >= 0.3 is 0 Å². The standard InChI is InChI=1S/C12H18FNO/c1-3-15-9-12(2,14)8-10-4-6-11(13)7-5-10/h4-7H,3,8-9,14H2,1-2H3. The fraction of sp³-hybridized carbons (Fsp3) is 0.500. The third-order valence-corrected chi connectivity index (χ3v) is 2.16. The first-order valence-corrected chi connectivity index (χ1v) is 5.14. The molecule has 0 bridgehead atoms. The molecule has 1 aromatic rings. The molecule has 2 N–H and O–H groups in total. The third kappa shape index (κ3) is 4.40. The number of benzene rings is 1. The lowest BCUT2D eigenvalue weighted by Crippen LogP contribution is -2.43. The SMILES string of the molecule is CCOCC(C)(N)Cc1ccc(F)cc1. The van der Waals surface area contributed by atoms with Gasteiger partial charge in [-0.3, -0.25) is 0 Å². The van der Waals surface area contributed by atoms with Crippen LogP contribution in [0.5, 0.6) is 0 Å². The monoisotopic (exact) mass is 211 g/mol. The van der Waals surface area contributed by atoms with E-state index in [0.717, 1.165) is 5.56 Å². The second kappa shape index (κ2) is 5.24. The molecule has 0 aliphatic heterocycles. The number of hydrogen-bond acceptors (Lipinski definition) is 2. The van der Waals surface area contributed by atoms with Crippen LogP contribution in [0.3, 0.4) is 0 Å². The van der Waals surface area contributed by atoms with Crippen molar-refractivity contribution in [2.45, 2.75) is 25.8 Å². The summed E-state index contributed by atoms with van der Waals surface area (Å²) in [5.41, 5.74) is 6.69. The van der Waals surface area contributed by atoms with E-state index in [1.165, 1.54) is 12.1 Å². The van der Waals surface area contributed by atoms with Crippen LogP contribution in [0, 0.1) is 5.82 Å². The molecule has 0 saturated carbocycles. The van der Waals surface area contributed by atoms with Gasteiger partial charge in [0.1, 0.15) is 5.82 Å². The van der Waals surface area contributed by atoms with Crippen molar-refractivity contribution in [1.29, 1.82) is 0 Å². The average molecular weight is 211 g/mol. The lowest BCUT2D eigenvalue weighted by molar-refractivity contribution is 0.101. The minimum atomic E-state index is -0.395. The molecule has 1 rings (SSSR count). The predicted octanol–water partition coefficient (Wildman–Crippen LogP) is 2.12. The molecule has 0 fully saturated rings. The highest BCUT2D eigenvalue weighted by molar-refractivity contribution is 5.18. The molecule has 0 aliphatic rings. The molecular formula is C12H18FNO. The van der Waals surface area contributed by atoms with Gasteiger partial charge in [-0.25, -0.2) is 4.39 Å². The first-order valence-electron chi connectivity index (χ1n) is 5.14. The first kappa shape index (κ1) is 12.1. The van der Waals surface area contributed by atoms with E-state index in [-0.39, 0.29) is 5.82 Å². The maximum atomic E-state index is 12.7. The summed E-state index contributed by atoms with van der Waals surface area (Å²) >= 11 is 0. The topological polar surface area (TPSA) is 35.2 Å². The van der Waals surface area contributed by atoms with Crippen LogP contribution in [0.4, 0.5) is 4.39 Å². The van der Waals surface area contributed by atoms with Crippen LogP contribution in [0.1, 0.15) is 19.4 Å². The van der Waals surface area contributed by atoms with E-state index < -0.39 is 5.54 Å². The Hall–Kier alpha value is -0.930. The summed E-state index contributed by atoms with van der Waals surface area (Å²) in [6.45, 7) is 5.05. The molecule has 1 unspecified atom stereocenters. The Morgan fingerprint density at radius 3 is 2.47 bits per heavy atom. The minimum Gasteiger partial charge on any atom is -0.380 e. The van der Waals surface area contributed by atoms with Gasteiger partial charge < -0.3 is 10.5 Å². The summed E-state index contributed by atoms with van der Waals surface area (Å²) in [6.07, 6.45) is 0.688. The van der Waals surface area contributed by atoms with Gasteiger partial charge in [0.05, 0.1) is 6.61 Å². The van der Waals surface area contributed by atoms with Crippen LogP contribution in [-0.2, 0) is 11.2 Å². The number of nitrogens with two attached hydrogens (primary N) is 1. The zero-order valence-electron chi connectivity index (χ0n) is 9.29. The fourth-order valence-electron chi connectivity index (χ4n) is 1.45. The van der Waals surface area contributed by atoms with Crippen LogP contribution in [0.25, 0.3) is 0 Å². The molecule has 0 heterocycles. The highest BCUT2D eigenvalue weighted by Crippen LogP contribution is 2.12. The van der Waals surface area contributed by atoms with Crippen molar-refractivity contribution in [3.8, 4) is 0 Å². The summed E-state index contributed by atoms with van der Waals surface area (Å²) in [5, 5.41) is 0. The highest BCUT2D eigenvalue weighted by Gasteiger charge is 2.18. The van der Waals surface area contributed by atoms with Crippen LogP contribution >= 0.6 is 0 Å². The zero-order valence-corrected chi connectivity index (χ0v) is 9.29. The Bertz CT molecular complexity index is 295. The van der Waals surface area contributed by atoms with Gasteiger partial charge in [0, 0.05) is 12.1 Å². The van der Waals surface area contributed by atoms with E-state index in [1.54, 1.807) is 12.1 Å². The molecule has 0 spiro atoms. The molecule has 1 aromatic carbocycles. The molecule has 15 heavy (non-hydrogen) atoms. The predicted molar refractivity (Wildman–Crippen MR) is 59.2 cm³/mol. The summed E-state index contributed by atoms with van der Waals surface area (Å²) in [7, 11) is 0. The zero-order chi connectivity index (χ0) is 11.3. The quantitative estimate of drug-likeness (QED) is 0.809. The Balaban J connectivity index is 2.56. The van der Waals surface area contributed by atoms with Crippen molar-refractivity contribution >= 4 is 0 Å².